The van der Waals surface area contributed by atoms with E-state index in [9.17, 15) is 13.6 Å². The highest BCUT2D eigenvalue weighted by Gasteiger charge is 2.13. The molecule has 3 nitrogen and oxygen atoms in total. The molecule has 0 bridgehead atoms. The summed E-state index contributed by atoms with van der Waals surface area (Å²) >= 11 is 0. The van der Waals surface area contributed by atoms with Crippen molar-refractivity contribution in [1.82, 2.24) is 5.32 Å². The average Bonchev–Trinajstić information content (AvgIpc) is 2.52. The molecule has 116 valence electrons. The smallest absolute Gasteiger partial charge is 0.254 e. The number of halogens is 2. The number of hydrogen-bond donors (Lipinski definition) is 2. The van der Waals surface area contributed by atoms with Gasteiger partial charge in [0.25, 0.3) is 5.91 Å². The molecule has 1 unspecified atom stereocenters. The number of hydrogen-bond acceptors (Lipinski definition) is 2. The highest BCUT2D eigenvalue weighted by molar-refractivity contribution is 5.95. The summed E-state index contributed by atoms with van der Waals surface area (Å²) in [4.78, 5) is 11.9. The zero-order chi connectivity index (χ0) is 16.1. The molecule has 2 N–H and O–H groups in total. The molecule has 0 aromatic heterocycles. The van der Waals surface area contributed by atoms with Gasteiger partial charge < -0.3 is 10.4 Å². The van der Waals surface area contributed by atoms with E-state index in [1.54, 1.807) is 25.1 Å². The summed E-state index contributed by atoms with van der Waals surface area (Å²) in [7, 11) is 0. The maximum atomic E-state index is 14.1. The third kappa shape index (κ3) is 3.89. The van der Waals surface area contributed by atoms with Gasteiger partial charge in [0.2, 0.25) is 0 Å². The molecule has 2 aromatic carbocycles. The molecular weight excluding hydrogens is 288 g/mol. The highest BCUT2D eigenvalue weighted by atomic mass is 19.1. The van der Waals surface area contributed by atoms with Gasteiger partial charge in [0.15, 0.2) is 0 Å². The molecule has 0 spiro atoms. The zero-order valence-corrected chi connectivity index (χ0v) is 12.1. The minimum Gasteiger partial charge on any atom is -0.396 e. The fourth-order valence-corrected chi connectivity index (χ4v) is 1.95. The summed E-state index contributed by atoms with van der Waals surface area (Å²) in [5.74, 6) is -1.62. The Morgan fingerprint density at radius 1 is 1.14 bits per heavy atom. The third-order valence-electron chi connectivity index (χ3n) is 3.31. The van der Waals surface area contributed by atoms with Crippen LogP contribution in [-0.2, 0) is 0 Å². The topological polar surface area (TPSA) is 49.3 Å². The van der Waals surface area contributed by atoms with E-state index in [2.05, 4.69) is 5.32 Å². The third-order valence-corrected chi connectivity index (χ3v) is 3.31. The molecule has 1 atom stereocenters. The summed E-state index contributed by atoms with van der Waals surface area (Å²) in [5, 5.41) is 11.5. The molecule has 0 aliphatic carbocycles. The quantitative estimate of drug-likeness (QED) is 0.892. The van der Waals surface area contributed by atoms with Crippen LogP contribution in [0.5, 0.6) is 0 Å². The van der Waals surface area contributed by atoms with Crippen molar-refractivity contribution in [1.29, 1.82) is 0 Å². The molecule has 0 fully saturated rings. The molecule has 0 aliphatic heterocycles. The summed E-state index contributed by atoms with van der Waals surface area (Å²) in [6, 6.07) is 9.94. The Morgan fingerprint density at radius 3 is 2.36 bits per heavy atom. The van der Waals surface area contributed by atoms with Gasteiger partial charge in [-0.05, 0) is 41.3 Å². The molecule has 0 aliphatic rings. The van der Waals surface area contributed by atoms with Crippen LogP contribution < -0.4 is 5.32 Å². The van der Waals surface area contributed by atoms with Gasteiger partial charge in [0, 0.05) is 13.2 Å². The number of carbonyl (C=O) groups is 1. The molecule has 2 rings (SSSR count). The fraction of sp³-hybridized carbons (Fsp3) is 0.235. The molecule has 0 saturated carbocycles. The van der Waals surface area contributed by atoms with Crippen LogP contribution in [0.4, 0.5) is 8.78 Å². The van der Waals surface area contributed by atoms with Crippen LogP contribution in [0.25, 0.3) is 11.1 Å². The number of benzene rings is 2. The molecular formula is C17H17F2NO2. The van der Waals surface area contributed by atoms with Crippen LogP contribution in [0.15, 0.2) is 42.5 Å². The SMILES string of the molecule is CC(CO)CNC(=O)c1ccc(-c2ccc(F)cc2)cc1F. The second-order valence-electron chi connectivity index (χ2n) is 5.20. The lowest BCUT2D eigenvalue weighted by Gasteiger charge is -2.11. The molecule has 0 radical (unpaired) electrons. The van der Waals surface area contributed by atoms with Crippen molar-refractivity contribution >= 4 is 5.91 Å². The van der Waals surface area contributed by atoms with Gasteiger partial charge in [0.1, 0.15) is 11.6 Å². The fourth-order valence-electron chi connectivity index (χ4n) is 1.95. The van der Waals surface area contributed by atoms with Gasteiger partial charge in [0.05, 0.1) is 5.56 Å². The van der Waals surface area contributed by atoms with Crippen molar-refractivity contribution in [3.05, 3.63) is 59.7 Å². The molecule has 22 heavy (non-hydrogen) atoms. The van der Waals surface area contributed by atoms with Crippen LogP contribution in [0.1, 0.15) is 17.3 Å². The van der Waals surface area contributed by atoms with Crippen LogP contribution in [-0.4, -0.2) is 24.2 Å². The number of carbonyl (C=O) groups excluding carboxylic acids is 1. The standard InChI is InChI=1S/C17H17F2NO2/c1-11(10-21)9-20-17(22)15-7-4-13(8-16(15)19)12-2-5-14(18)6-3-12/h2-8,11,21H,9-10H2,1H3,(H,20,22). The van der Waals surface area contributed by atoms with Crippen molar-refractivity contribution in [2.45, 2.75) is 6.92 Å². The first-order valence-electron chi connectivity index (χ1n) is 6.96. The van der Waals surface area contributed by atoms with Gasteiger partial charge >= 0.3 is 0 Å². The van der Waals surface area contributed by atoms with Crippen LogP contribution in [0.3, 0.4) is 0 Å². The van der Waals surface area contributed by atoms with Gasteiger partial charge in [-0.2, -0.15) is 0 Å². The molecule has 1 amide bonds. The Labute approximate surface area is 127 Å². The van der Waals surface area contributed by atoms with Crippen LogP contribution in [0, 0.1) is 17.6 Å². The van der Waals surface area contributed by atoms with Crippen LogP contribution >= 0.6 is 0 Å². The first-order chi connectivity index (χ1) is 10.5. The molecule has 0 saturated heterocycles. The Hall–Kier alpha value is -2.27. The van der Waals surface area contributed by atoms with E-state index < -0.39 is 11.7 Å². The molecule has 0 heterocycles. The second kappa shape index (κ2) is 7.13. The van der Waals surface area contributed by atoms with Crippen molar-refractivity contribution in [2.75, 3.05) is 13.2 Å². The summed E-state index contributed by atoms with van der Waals surface area (Å²) < 4.78 is 27.0. The summed E-state index contributed by atoms with van der Waals surface area (Å²) in [6.07, 6.45) is 0. The predicted octanol–water partition coefficient (Wildman–Crippen LogP) is 2.99. The van der Waals surface area contributed by atoms with E-state index in [4.69, 9.17) is 5.11 Å². The Kier molecular flexibility index (Phi) is 5.22. The van der Waals surface area contributed by atoms with Gasteiger partial charge in [-0.1, -0.05) is 25.1 Å². The normalized spacial score (nSPS) is 12.0. The van der Waals surface area contributed by atoms with Crippen molar-refractivity contribution < 1.29 is 18.7 Å². The Morgan fingerprint density at radius 2 is 1.77 bits per heavy atom. The van der Waals surface area contributed by atoms with E-state index in [1.807, 2.05) is 0 Å². The number of aliphatic hydroxyl groups excluding tert-OH is 1. The van der Waals surface area contributed by atoms with Gasteiger partial charge in [-0.25, -0.2) is 8.78 Å². The van der Waals surface area contributed by atoms with E-state index in [0.29, 0.717) is 11.1 Å². The number of nitrogens with one attached hydrogen (secondary N) is 1. The van der Waals surface area contributed by atoms with Gasteiger partial charge in [-0.15, -0.1) is 0 Å². The minimum absolute atomic E-state index is 0.0493. The molecule has 2 aromatic rings. The van der Waals surface area contributed by atoms with Crippen LogP contribution in [0.2, 0.25) is 0 Å². The average molecular weight is 305 g/mol. The highest BCUT2D eigenvalue weighted by Crippen LogP contribution is 2.22. The Bertz CT molecular complexity index is 656. The summed E-state index contributed by atoms with van der Waals surface area (Å²) in [6.45, 7) is 2.00. The number of aliphatic hydroxyl groups is 1. The van der Waals surface area contributed by atoms with Crippen molar-refractivity contribution in [3.63, 3.8) is 0 Å². The predicted molar refractivity (Wildman–Crippen MR) is 80.4 cm³/mol. The largest absolute Gasteiger partial charge is 0.396 e. The lowest BCUT2D eigenvalue weighted by Crippen LogP contribution is -2.30. The second-order valence-corrected chi connectivity index (χ2v) is 5.20. The minimum atomic E-state index is -0.643. The Balaban J connectivity index is 2.15. The van der Waals surface area contributed by atoms with Gasteiger partial charge in [-0.3, -0.25) is 4.79 Å². The summed E-state index contributed by atoms with van der Waals surface area (Å²) in [5.41, 5.74) is 1.18. The van der Waals surface area contributed by atoms with E-state index in [-0.39, 0.29) is 30.5 Å². The van der Waals surface area contributed by atoms with E-state index >= 15 is 0 Å². The van der Waals surface area contributed by atoms with E-state index in [0.717, 1.165) is 0 Å². The number of amides is 1. The maximum Gasteiger partial charge on any atom is 0.254 e. The van der Waals surface area contributed by atoms with Crippen molar-refractivity contribution in [2.24, 2.45) is 5.92 Å². The zero-order valence-electron chi connectivity index (χ0n) is 12.1. The van der Waals surface area contributed by atoms with Crippen molar-refractivity contribution in [3.8, 4) is 11.1 Å². The lowest BCUT2D eigenvalue weighted by atomic mass is 10.0. The monoisotopic (exact) mass is 305 g/mol. The molecule has 5 heteroatoms. The lowest BCUT2D eigenvalue weighted by molar-refractivity contribution is 0.0938. The first-order valence-corrected chi connectivity index (χ1v) is 6.96. The van der Waals surface area contributed by atoms with E-state index in [1.165, 1.54) is 24.3 Å². The first kappa shape index (κ1) is 16.1. The maximum absolute atomic E-state index is 14.1. The number of rotatable bonds is 5.